The SMILES string of the molecule is CC1CCCCC1N(C)Cc1cc(Br)cs1. The lowest BCUT2D eigenvalue weighted by Crippen LogP contribution is -2.38. The van der Waals surface area contributed by atoms with E-state index in [0.29, 0.717) is 0 Å². The van der Waals surface area contributed by atoms with Crippen molar-refractivity contribution < 1.29 is 0 Å². The monoisotopic (exact) mass is 301 g/mol. The maximum absolute atomic E-state index is 3.52. The first-order chi connectivity index (χ1) is 7.66. The van der Waals surface area contributed by atoms with Crippen LogP contribution < -0.4 is 0 Å². The molecule has 2 atom stereocenters. The van der Waals surface area contributed by atoms with Crippen LogP contribution in [0.1, 0.15) is 37.5 Å². The van der Waals surface area contributed by atoms with Gasteiger partial charge in [-0.15, -0.1) is 11.3 Å². The van der Waals surface area contributed by atoms with Crippen LogP contribution in [0.3, 0.4) is 0 Å². The summed E-state index contributed by atoms with van der Waals surface area (Å²) in [6, 6.07) is 3.03. The molecule has 1 heterocycles. The van der Waals surface area contributed by atoms with Crippen LogP contribution in [0.15, 0.2) is 15.9 Å². The van der Waals surface area contributed by atoms with Crippen molar-refractivity contribution in [1.29, 1.82) is 0 Å². The van der Waals surface area contributed by atoms with Crippen LogP contribution in [0.5, 0.6) is 0 Å². The zero-order valence-electron chi connectivity index (χ0n) is 10.1. The minimum absolute atomic E-state index is 0.787. The molecule has 0 saturated heterocycles. The normalized spacial score (nSPS) is 26.2. The number of nitrogens with zero attached hydrogens (tertiary/aromatic N) is 1. The van der Waals surface area contributed by atoms with Gasteiger partial charge in [-0.3, -0.25) is 4.90 Å². The molecule has 2 unspecified atom stereocenters. The zero-order chi connectivity index (χ0) is 11.5. The van der Waals surface area contributed by atoms with Crippen molar-refractivity contribution in [1.82, 2.24) is 4.90 Å². The molecule has 0 bridgehead atoms. The third-order valence-electron chi connectivity index (χ3n) is 3.66. The predicted molar refractivity (Wildman–Crippen MR) is 74.9 cm³/mol. The molecule has 3 heteroatoms. The molecule has 0 N–H and O–H groups in total. The summed E-state index contributed by atoms with van der Waals surface area (Å²) in [7, 11) is 2.28. The molecule has 1 saturated carbocycles. The smallest absolute Gasteiger partial charge is 0.0328 e. The highest BCUT2D eigenvalue weighted by Gasteiger charge is 2.24. The Morgan fingerprint density at radius 3 is 2.81 bits per heavy atom. The highest BCUT2D eigenvalue weighted by Crippen LogP contribution is 2.29. The van der Waals surface area contributed by atoms with Crippen molar-refractivity contribution in [3.8, 4) is 0 Å². The van der Waals surface area contributed by atoms with Crippen molar-refractivity contribution in [2.24, 2.45) is 5.92 Å². The van der Waals surface area contributed by atoms with Gasteiger partial charge in [0, 0.05) is 27.3 Å². The Labute approximate surface area is 111 Å². The second-order valence-electron chi connectivity index (χ2n) is 4.98. The molecule has 1 aliphatic rings. The Kier molecular flexibility index (Phi) is 4.45. The third-order valence-corrected chi connectivity index (χ3v) is 5.34. The summed E-state index contributed by atoms with van der Waals surface area (Å²) in [5.74, 6) is 0.863. The van der Waals surface area contributed by atoms with E-state index in [1.54, 1.807) is 0 Å². The van der Waals surface area contributed by atoms with E-state index >= 15 is 0 Å². The van der Waals surface area contributed by atoms with Crippen LogP contribution in [0.4, 0.5) is 0 Å². The number of halogens is 1. The van der Waals surface area contributed by atoms with Gasteiger partial charge in [0.05, 0.1) is 0 Å². The van der Waals surface area contributed by atoms with E-state index in [4.69, 9.17) is 0 Å². The van der Waals surface area contributed by atoms with Crippen molar-refractivity contribution >= 4 is 27.3 Å². The van der Waals surface area contributed by atoms with Crippen LogP contribution in [-0.4, -0.2) is 18.0 Å². The molecular formula is C13H20BrNS. The first-order valence-electron chi connectivity index (χ1n) is 6.10. The third kappa shape index (κ3) is 3.08. The fraction of sp³-hybridized carbons (Fsp3) is 0.692. The molecule has 1 nitrogen and oxygen atoms in total. The quantitative estimate of drug-likeness (QED) is 0.793. The van der Waals surface area contributed by atoms with E-state index in [1.165, 1.54) is 35.0 Å². The molecule has 0 aromatic carbocycles. The number of thiophene rings is 1. The summed E-state index contributed by atoms with van der Waals surface area (Å²) in [6.07, 6.45) is 5.62. The Hall–Kier alpha value is 0.140. The Bertz CT molecular complexity index is 336. The van der Waals surface area contributed by atoms with E-state index in [0.717, 1.165) is 18.5 Å². The predicted octanol–water partition coefficient (Wildman–Crippen LogP) is 4.52. The van der Waals surface area contributed by atoms with E-state index in [1.807, 2.05) is 11.3 Å². The van der Waals surface area contributed by atoms with Gasteiger partial charge >= 0.3 is 0 Å². The Morgan fingerprint density at radius 1 is 1.44 bits per heavy atom. The summed E-state index contributed by atoms with van der Waals surface area (Å²) in [6.45, 7) is 3.51. The lowest BCUT2D eigenvalue weighted by Gasteiger charge is -2.36. The zero-order valence-corrected chi connectivity index (χ0v) is 12.5. The van der Waals surface area contributed by atoms with Crippen molar-refractivity contribution in [3.63, 3.8) is 0 Å². The van der Waals surface area contributed by atoms with Gasteiger partial charge in [0.15, 0.2) is 0 Å². The minimum Gasteiger partial charge on any atom is -0.298 e. The van der Waals surface area contributed by atoms with E-state index in [-0.39, 0.29) is 0 Å². The van der Waals surface area contributed by atoms with E-state index in [9.17, 15) is 0 Å². The van der Waals surface area contributed by atoms with Gasteiger partial charge in [0.1, 0.15) is 0 Å². The molecule has 90 valence electrons. The fourth-order valence-corrected chi connectivity index (χ4v) is 4.26. The highest BCUT2D eigenvalue weighted by atomic mass is 79.9. The Morgan fingerprint density at radius 2 is 2.19 bits per heavy atom. The number of hydrogen-bond donors (Lipinski definition) is 0. The van der Waals surface area contributed by atoms with Gasteiger partial charge in [-0.1, -0.05) is 19.8 Å². The topological polar surface area (TPSA) is 3.24 Å². The molecule has 0 amide bonds. The summed E-state index contributed by atoms with van der Waals surface area (Å²) in [5.41, 5.74) is 0. The van der Waals surface area contributed by atoms with Gasteiger partial charge < -0.3 is 0 Å². The molecule has 1 aliphatic carbocycles. The second-order valence-corrected chi connectivity index (χ2v) is 6.89. The number of hydrogen-bond acceptors (Lipinski definition) is 2. The Balaban J connectivity index is 1.93. The first-order valence-corrected chi connectivity index (χ1v) is 7.77. The molecule has 1 fully saturated rings. The van der Waals surface area contributed by atoms with Gasteiger partial charge in [-0.2, -0.15) is 0 Å². The van der Waals surface area contributed by atoms with Gasteiger partial charge in [-0.05, 0) is 47.8 Å². The van der Waals surface area contributed by atoms with Crippen LogP contribution in [0.2, 0.25) is 0 Å². The number of rotatable bonds is 3. The van der Waals surface area contributed by atoms with Crippen molar-refractivity contribution in [2.75, 3.05) is 7.05 Å². The second kappa shape index (κ2) is 5.65. The molecule has 1 aromatic rings. The molecule has 16 heavy (non-hydrogen) atoms. The molecule has 1 aromatic heterocycles. The average molecular weight is 302 g/mol. The van der Waals surface area contributed by atoms with E-state index < -0.39 is 0 Å². The van der Waals surface area contributed by atoms with Crippen LogP contribution in [-0.2, 0) is 6.54 Å². The summed E-state index contributed by atoms with van der Waals surface area (Å²) in [4.78, 5) is 4.01. The molecule has 0 aliphatic heterocycles. The van der Waals surface area contributed by atoms with Crippen LogP contribution in [0, 0.1) is 5.92 Å². The molecule has 2 rings (SSSR count). The maximum Gasteiger partial charge on any atom is 0.0328 e. The summed E-state index contributed by atoms with van der Waals surface area (Å²) in [5, 5.41) is 2.17. The summed E-state index contributed by atoms with van der Waals surface area (Å²) < 4.78 is 1.22. The van der Waals surface area contributed by atoms with Gasteiger partial charge in [0.25, 0.3) is 0 Å². The first kappa shape index (κ1) is 12.6. The fourth-order valence-electron chi connectivity index (χ4n) is 2.75. The lowest BCUT2D eigenvalue weighted by molar-refractivity contribution is 0.134. The van der Waals surface area contributed by atoms with Crippen LogP contribution >= 0.6 is 27.3 Å². The van der Waals surface area contributed by atoms with Gasteiger partial charge in [-0.25, -0.2) is 0 Å². The standard InChI is InChI=1S/C13H20BrNS/c1-10-5-3-4-6-13(10)15(2)8-12-7-11(14)9-16-12/h7,9-10,13H,3-6,8H2,1-2H3. The van der Waals surface area contributed by atoms with Crippen molar-refractivity contribution in [2.45, 2.75) is 45.2 Å². The minimum atomic E-state index is 0.787. The summed E-state index contributed by atoms with van der Waals surface area (Å²) >= 11 is 5.38. The van der Waals surface area contributed by atoms with Crippen molar-refractivity contribution in [3.05, 3.63) is 20.8 Å². The average Bonchev–Trinajstić information content (AvgIpc) is 2.64. The van der Waals surface area contributed by atoms with Crippen LogP contribution in [0.25, 0.3) is 0 Å². The maximum atomic E-state index is 3.52. The molecule has 0 radical (unpaired) electrons. The van der Waals surface area contributed by atoms with E-state index in [2.05, 4.69) is 46.2 Å². The lowest BCUT2D eigenvalue weighted by atomic mass is 9.85. The highest BCUT2D eigenvalue weighted by molar-refractivity contribution is 9.10. The molecule has 0 spiro atoms. The molecular weight excluding hydrogens is 282 g/mol. The largest absolute Gasteiger partial charge is 0.298 e. The van der Waals surface area contributed by atoms with Gasteiger partial charge in [0.2, 0.25) is 0 Å².